The maximum atomic E-state index is 14.2. The van der Waals surface area contributed by atoms with Crippen LogP contribution < -0.4 is 0 Å². The zero-order valence-corrected chi connectivity index (χ0v) is 16.7. The third-order valence-electron chi connectivity index (χ3n) is 5.40. The summed E-state index contributed by atoms with van der Waals surface area (Å²) in [5.74, 6) is -1.10. The number of aromatic nitrogens is 1. The molecule has 0 radical (unpaired) electrons. The number of nitrogens with zero attached hydrogens (tertiary/aromatic N) is 1. The fourth-order valence-corrected chi connectivity index (χ4v) is 4.37. The molecular weight excluding hydrogens is 402 g/mol. The van der Waals surface area contributed by atoms with E-state index in [2.05, 4.69) is 9.88 Å². The first-order valence-corrected chi connectivity index (χ1v) is 9.41. The third kappa shape index (κ3) is 3.88. The molecule has 2 N–H and O–H groups in total. The molecule has 148 valence electrons. The van der Waals surface area contributed by atoms with Gasteiger partial charge in [0.25, 0.3) is 0 Å². The van der Waals surface area contributed by atoms with Crippen molar-refractivity contribution in [1.82, 2.24) is 9.88 Å². The van der Waals surface area contributed by atoms with Crippen LogP contribution in [0.1, 0.15) is 40.4 Å². The van der Waals surface area contributed by atoms with Crippen molar-refractivity contribution in [2.24, 2.45) is 0 Å². The standard InChI is InChI=1S/C21H20ClFN2O2.ClH/c22-16-5-3-6-17(23)19(16)13-8-10-25(11-9-13)12-15-14-4-1-2-7-18(14)24-20(15)21(26)27;/h1-7,13,24H,8-12H2,(H,26,27);1H. The van der Waals surface area contributed by atoms with Crippen molar-refractivity contribution in [2.45, 2.75) is 25.3 Å². The summed E-state index contributed by atoms with van der Waals surface area (Å²) in [7, 11) is 0. The van der Waals surface area contributed by atoms with E-state index in [9.17, 15) is 14.3 Å². The molecule has 3 aromatic rings. The molecule has 0 unspecified atom stereocenters. The van der Waals surface area contributed by atoms with Gasteiger partial charge >= 0.3 is 5.97 Å². The molecule has 0 saturated carbocycles. The number of aromatic amines is 1. The highest BCUT2D eigenvalue weighted by Gasteiger charge is 2.26. The highest BCUT2D eigenvalue weighted by Crippen LogP contribution is 2.35. The topological polar surface area (TPSA) is 56.3 Å². The Morgan fingerprint density at radius 2 is 1.89 bits per heavy atom. The first kappa shape index (κ1) is 20.6. The van der Waals surface area contributed by atoms with Gasteiger partial charge in [-0.3, -0.25) is 4.90 Å². The molecule has 0 spiro atoms. The van der Waals surface area contributed by atoms with Gasteiger partial charge in [0.1, 0.15) is 11.5 Å². The molecule has 2 heterocycles. The largest absolute Gasteiger partial charge is 0.477 e. The molecule has 4 nitrogen and oxygen atoms in total. The van der Waals surface area contributed by atoms with Crippen molar-refractivity contribution >= 4 is 40.9 Å². The Morgan fingerprint density at radius 1 is 1.18 bits per heavy atom. The quantitative estimate of drug-likeness (QED) is 0.586. The van der Waals surface area contributed by atoms with Crippen LogP contribution in [0.2, 0.25) is 5.02 Å². The average Bonchev–Trinajstić information content (AvgIpc) is 3.02. The number of fused-ring (bicyclic) bond motifs is 1. The van der Waals surface area contributed by atoms with Gasteiger partial charge in [0.2, 0.25) is 0 Å². The van der Waals surface area contributed by atoms with Crippen molar-refractivity contribution in [3.8, 4) is 0 Å². The van der Waals surface area contributed by atoms with Gasteiger partial charge < -0.3 is 10.1 Å². The lowest BCUT2D eigenvalue weighted by molar-refractivity contribution is 0.0688. The van der Waals surface area contributed by atoms with Gasteiger partial charge in [-0.2, -0.15) is 0 Å². The van der Waals surface area contributed by atoms with Crippen molar-refractivity contribution in [3.63, 3.8) is 0 Å². The first-order chi connectivity index (χ1) is 13.0. The summed E-state index contributed by atoms with van der Waals surface area (Å²) in [4.78, 5) is 16.9. The molecular formula is C21H21Cl2FN2O2. The zero-order chi connectivity index (χ0) is 19.0. The summed E-state index contributed by atoms with van der Waals surface area (Å²) in [5.41, 5.74) is 2.49. The Balaban J connectivity index is 0.00000225. The summed E-state index contributed by atoms with van der Waals surface area (Å²) in [6.07, 6.45) is 1.59. The van der Waals surface area contributed by atoms with E-state index in [1.807, 2.05) is 24.3 Å². The highest BCUT2D eigenvalue weighted by molar-refractivity contribution is 6.31. The minimum Gasteiger partial charge on any atom is -0.477 e. The first-order valence-electron chi connectivity index (χ1n) is 9.03. The van der Waals surface area contributed by atoms with E-state index in [0.29, 0.717) is 17.1 Å². The number of para-hydroxylation sites is 1. The maximum Gasteiger partial charge on any atom is 0.352 e. The van der Waals surface area contributed by atoms with Crippen molar-refractivity contribution in [3.05, 3.63) is 70.1 Å². The number of piperidine rings is 1. The van der Waals surface area contributed by atoms with E-state index < -0.39 is 5.97 Å². The zero-order valence-electron chi connectivity index (χ0n) is 15.1. The molecule has 1 fully saturated rings. The smallest absolute Gasteiger partial charge is 0.352 e. The lowest BCUT2D eigenvalue weighted by Crippen LogP contribution is -2.33. The van der Waals surface area contributed by atoms with Crippen molar-refractivity contribution < 1.29 is 14.3 Å². The Hall–Kier alpha value is -2.08. The van der Waals surface area contributed by atoms with Crippen LogP contribution in [0.5, 0.6) is 0 Å². The minimum absolute atomic E-state index is 0. The van der Waals surface area contributed by atoms with Crippen molar-refractivity contribution in [2.75, 3.05) is 13.1 Å². The van der Waals surface area contributed by atoms with Crippen LogP contribution in [0.4, 0.5) is 4.39 Å². The van der Waals surface area contributed by atoms with E-state index in [1.54, 1.807) is 12.1 Å². The molecule has 0 atom stereocenters. The molecule has 1 aromatic heterocycles. The van der Waals surface area contributed by atoms with E-state index in [-0.39, 0.29) is 29.8 Å². The van der Waals surface area contributed by atoms with Crippen LogP contribution in [-0.2, 0) is 6.54 Å². The molecule has 2 aromatic carbocycles. The van der Waals surface area contributed by atoms with Gasteiger partial charge in [-0.15, -0.1) is 12.4 Å². The van der Waals surface area contributed by atoms with Gasteiger partial charge in [0.15, 0.2) is 0 Å². The number of aromatic carboxylic acids is 1. The monoisotopic (exact) mass is 422 g/mol. The van der Waals surface area contributed by atoms with E-state index in [1.165, 1.54) is 6.07 Å². The number of rotatable bonds is 4. The predicted octanol–water partition coefficient (Wildman–Crippen LogP) is 5.46. The number of benzene rings is 2. The van der Waals surface area contributed by atoms with Crippen LogP contribution in [0, 0.1) is 5.82 Å². The molecule has 4 rings (SSSR count). The second kappa shape index (κ2) is 8.52. The second-order valence-corrected chi connectivity index (χ2v) is 7.42. The van der Waals surface area contributed by atoms with Gasteiger partial charge in [-0.05, 0) is 50.0 Å². The number of halogens is 3. The molecule has 1 aliphatic rings. The number of hydrogen-bond donors (Lipinski definition) is 2. The van der Waals surface area contributed by atoms with Gasteiger partial charge in [0, 0.05) is 33.6 Å². The number of carboxylic acids is 1. The van der Waals surface area contributed by atoms with E-state index >= 15 is 0 Å². The normalized spacial score (nSPS) is 15.5. The Kier molecular flexibility index (Phi) is 6.28. The third-order valence-corrected chi connectivity index (χ3v) is 5.73. The summed E-state index contributed by atoms with van der Waals surface area (Å²) >= 11 is 6.21. The number of carbonyl (C=O) groups is 1. The number of likely N-dealkylation sites (tertiary alicyclic amines) is 1. The number of hydrogen-bond acceptors (Lipinski definition) is 2. The molecule has 1 aliphatic heterocycles. The van der Waals surface area contributed by atoms with E-state index in [0.717, 1.165) is 42.4 Å². The molecule has 7 heteroatoms. The van der Waals surface area contributed by atoms with Crippen molar-refractivity contribution in [1.29, 1.82) is 0 Å². The van der Waals surface area contributed by atoms with Crippen LogP contribution >= 0.6 is 24.0 Å². The number of nitrogens with one attached hydrogen (secondary N) is 1. The molecule has 0 aliphatic carbocycles. The van der Waals surface area contributed by atoms with Crippen LogP contribution in [0.15, 0.2) is 42.5 Å². The average molecular weight is 423 g/mol. The van der Waals surface area contributed by atoms with Gasteiger partial charge in [-0.1, -0.05) is 35.9 Å². The summed E-state index contributed by atoms with van der Waals surface area (Å²) < 4.78 is 14.2. The Labute approximate surface area is 173 Å². The van der Waals surface area contributed by atoms with Gasteiger partial charge in [-0.25, -0.2) is 9.18 Å². The number of carboxylic acid groups (broad SMARTS) is 1. The predicted molar refractivity (Wildman–Crippen MR) is 111 cm³/mol. The SMILES string of the molecule is Cl.O=C(O)c1[nH]c2ccccc2c1CN1CCC(c2c(F)cccc2Cl)CC1. The van der Waals surface area contributed by atoms with Crippen LogP contribution in [-0.4, -0.2) is 34.0 Å². The molecule has 1 saturated heterocycles. The lowest BCUT2D eigenvalue weighted by atomic mass is 9.88. The minimum atomic E-state index is -0.950. The summed E-state index contributed by atoms with van der Waals surface area (Å²) in [6, 6.07) is 12.4. The maximum absolute atomic E-state index is 14.2. The Morgan fingerprint density at radius 3 is 2.57 bits per heavy atom. The highest BCUT2D eigenvalue weighted by atomic mass is 35.5. The molecule has 28 heavy (non-hydrogen) atoms. The van der Waals surface area contributed by atoms with Crippen LogP contribution in [0.25, 0.3) is 10.9 Å². The lowest BCUT2D eigenvalue weighted by Gasteiger charge is -2.32. The number of H-pyrrole nitrogens is 1. The molecule has 0 bridgehead atoms. The second-order valence-electron chi connectivity index (χ2n) is 7.02. The summed E-state index contributed by atoms with van der Waals surface area (Å²) in [5, 5.41) is 11.0. The summed E-state index contributed by atoms with van der Waals surface area (Å²) in [6.45, 7) is 2.10. The Bertz CT molecular complexity index is 977. The van der Waals surface area contributed by atoms with Gasteiger partial charge in [0.05, 0.1) is 0 Å². The fourth-order valence-electron chi connectivity index (χ4n) is 4.05. The van der Waals surface area contributed by atoms with E-state index in [4.69, 9.17) is 11.6 Å². The molecule has 0 amide bonds. The van der Waals surface area contributed by atoms with Crippen LogP contribution in [0.3, 0.4) is 0 Å². The fraction of sp³-hybridized carbons (Fsp3) is 0.286.